The standard InChI is InChI=1S/C23H29N3O4S/c27-22(25-18-23(28)24-17-20-7-3-1-4-8-20)14-11-19-9-12-21(13-10-19)31(29,30)26-15-5-2-6-16-26/h1,3-4,7-10,12-13H,2,5-6,11,14-18H2,(H,24,28)(H,25,27). The maximum atomic E-state index is 12.7. The van der Waals surface area contributed by atoms with Crippen LogP contribution in [-0.2, 0) is 32.6 Å². The number of sulfonamides is 1. The molecule has 0 spiro atoms. The van der Waals surface area contributed by atoms with Crippen molar-refractivity contribution in [3.63, 3.8) is 0 Å². The highest BCUT2D eigenvalue weighted by atomic mass is 32.2. The molecule has 1 aliphatic heterocycles. The third-order valence-electron chi connectivity index (χ3n) is 5.30. The van der Waals surface area contributed by atoms with Gasteiger partial charge in [-0.2, -0.15) is 4.31 Å². The zero-order valence-corrected chi connectivity index (χ0v) is 18.4. The summed E-state index contributed by atoms with van der Waals surface area (Å²) in [6, 6.07) is 16.3. The molecule has 0 aliphatic carbocycles. The van der Waals surface area contributed by atoms with Gasteiger partial charge in [-0.25, -0.2) is 8.42 Å². The molecule has 31 heavy (non-hydrogen) atoms. The van der Waals surface area contributed by atoms with E-state index in [1.54, 1.807) is 28.6 Å². The lowest BCUT2D eigenvalue weighted by molar-refractivity contribution is -0.126. The summed E-state index contributed by atoms with van der Waals surface area (Å²) in [7, 11) is -3.44. The molecule has 0 radical (unpaired) electrons. The summed E-state index contributed by atoms with van der Waals surface area (Å²) < 4.78 is 26.9. The molecule has 1 aliphatic rings. The van der Waals surface area contributed by atoms with Gasteiger partial charge in [-0.3, -0.25) is 9.59 Å². The van der Waals surface area contributed by atoms with Gasteiger partial charge >= 0.3 is 0 Å². The molecule has 2 aromatic carbocycles. The average molecular weight is 444 g/mol. The van der Waals surface area contributed by atoms with Gasteiger partial charge in [-0.15, -0.1) is 0 Å². The highest BCUT2D eigenvalue weighted by Crippen LogP contribution is 2.21. The molecule has 0 aromatic heterocycles. The lowest BCUT2D eigenvalue weighted by atomic mass is 10.1. The number of carbonyl (C=O) groups is 2. The molecule has 2 aromatic rings. The second kappa shape index (κ2) is 11.1. The fraction of sp³-hybridized carbons (Fsp3) is 0.391. The van der Waals surface area contributed by atoms with Crippen molar-refractivity contribution < 1.29 is 18.0 Å². The van der Waals surface area contributed by atoms with Gasteiger partial charge in [0.15, 0.2) is 0 Å². The van der Waals surface area contributed by atoms with Crippen molar-refractivity contribution in [1.29, 1.82) is 0 Å². The minimum absolute atomic E-state index is 0.0708. The minimum Gasteiger partial charge on any atom is -0.350 e. The molecule has 2 N–H and O–H groups in total. The number of hydrogen-bond donors (Lipinski definition) is 2. The molecule has 1 fully saturated rings. The fourth-order valence-electron chi connectivity index (χ4n) is 3.47. The van der Waals surface area contributed by atoms with Gasteiger partial charge in [0.25, 0.3) is 0 Å². The summed E-state index contributed by atoms with van der Waals surface area (Å²) in [5.41, 5.74) is 1.87. The largest absolute Gasteiger partial charge is 0.350 e. The van der Waals surface area contributed by atoms with Gasteiger partial charge in [0, 0.05) is 26.1 Å². The van der Waals surface area contributed by atoms with E-state index in [0.717, 1.165) is 30.4 Å². The predicted octanol–water partition coefficient (Wildman–Crippen LogP) is 2.23. The number of carbonyl (C=O) groups excluding carboxylic acids is 2. The third-order valence-corrected chi connectivity index (χ3v) is 7.21. The summed E-state index contributed by atoms with van der Waals surface area (Å²) >= 11 is 0. The minimum atomic E-state index is -3.44. The average Bonchev–Trinajstić information content (AvgIpc) is 2.81. The summed E-state index contributed by atoms with van der Waals surface area (Å²) in [6.07, 6.45) is 3.57. The topological polar surface area (TPSA) is 95.6 Å². The SMILES string of the molecule is O=C(CCc1ccc(S(=O)(=O)N2CCCCC2)cc1)NCC(=O)NCc1ccccc1. The van der Waals surface area contributed by atoms with Crippen molar-refractivity contribution >= 4 is 21.8 Å². The van der Waals surface area contributed by atoms with E-state index in [0.29, 0.717) is 26.1 Å². The highest BCUT2D eigenvalue weighted by Gasteiger charge is 2.25. The monoisotopic (exact) mass is 443 g/mol. The molecule has 0 bridgehead atoms. The summed E-state index contributed by atoms with van der Waals surface area (Å²) in [6.45, 7) is 1.49. The highest BCUT2D eigenvalue weighted by molar-refractivity contribution is 7.89. The van der Waals surface area contributed by atoms with Crippen LogP contribution in [0, 0.1) is 0 Å². The zero-order chi connectivity index (χ0) is 22.1. The number of nitrogens with one attached hydrogen (secondary N) is 2. The van der Waals surface area contributed by atoms with Gasteiger partial charge in [0.1, 0.15) is 0 Å². The Bertz CT molecular complexity index is 970. The molecule has 0 unspecified atom stereocenters. The van der Waals surface area contributed by atoms with Crippen molar-refractivity contribution in [1.82, 2.24) is 14.9 Å². The van der Waals surface area contributed by atoms with Crippen LogP contribution < -0.4 is 10.6 Å². The van der Waals surface area contributed by atoms with Crippen molar-refractivity contribution in [2.24, 2.45) is 0 Å². The van der Waals surface area contributed by atoms with E-state index in [1.807, 2.05) is 30.3 Å². The molecule has 166 valence electrons. The summed E-state index contributed by atoms with van der Waals surface area (Å²) in [5, 5.41) is 5.37. The molecule has 8 heteroatoms. The fourth-order valence-corrected chi connectivity index (χ4v) is 4.98. The van der Waals surface area contributed by atoms with Crippen LogP contribution in [0.5, 0.6) is 0 Å². The third kappa shape index (κ3) is 6.90. The number of rotatable bonds is 9. The van der Waals surface area contributed by atoms with Crippen LogP contribution in [0.1, 0.15) is 36.8 Å². The Kier molecular flexibility index (Phi) is 8.20. The number of amides is 2. The Morgan fingerprint density at radius 3 is 2.16 bits per heavy atom. The molecule has 1 heterocycles. The normalized spacial score (nSPS) is 14.7. The van der Waals surface area contributed by atoms with Crippen LogP contribution in [0.2, 0.25) is 0 Å². The van der Waals surface area contributed by atoms with Crippen LogP contribution in [0.4, 0.5) is 0 Å². The van der Waals surface area contributed by atoms with Gasteiger partial charge < -0.3 is 10.6 Å². The second-order valence-electron chi connectivity index (χ2n) is 7.65. The first-order chi connectivity index (χ1) is 14.9. The van der Waals surface area contributed by atoms with Crippen LogP contribution in [0.3, 0.4) is 0 Å². The molecule has 0 saturated carbocycles. The molecule has 7 nitrogen and oxygen atoms in total. The second-order valence-corrected chi connectivity index (χ2v) is 9.59. The number of benzene rings is 2. The van der Waals surface area contributed by atoms with Gasteiger partial charge in [-0.1, -0.05) is 48.9 Å². The number of nitrogens with zero attached hydrogens (tertiary/aromatic N) is 1. The Morgan fingerprint density at radius 2 is 1.48 bits per heavy atom. The summed E-state index contributed by atoms with van der Waals surface area (Å²) in [4.78, 5) is 24.2. The number of aryl methyl sites for hydroxylation is 1. The van der Waals surface area contributed by atoms with Crippen LogP contribution in [0.25, 0.3) is 0 Å². The van der Waals surface area contributed by atoms with Gasteiger partial charge in [0.05, 0.1) is 11.4 Å². The van der Waals surface area contributed by atoms with Crippen molar-refractivity contribution in [3.05, 3.63) is 65.7 Å². The van der Waals surface area contributed by atoms with Gasteiger partial charge in [0.2, 0.25) is 21.8 Å². The van der Waals surface area contributed by atoms with E-state index >= 15 is 0 Å². The Labute approximate surface area is 183 Å². The van der Waals surface area contributed by atoms with Crippen LogP contribution in [0.15, 0.2) is 59.5 Å². The van der Waals surface area contributed by atoms with Crippen LogP contribution >= 0.6 is 0 Å². The zero-order valence-electron chi connectivity index (χ0n) is 17.5. The molecule has 2 amide bonds. The Hall–Kier alpha value is -2.71. The van der Waals surface area contributed by atoms with E-state index < -0.39 is 10.0 Å². The predicted molar refractivity (Wildman–Crippen MR) is 119 cm³/mol. The van der Waals surface area contributed by atoms with E-state index in [-0.39, 0.29) is 29.7 Å². The maximum absolute atomic E-state index is 12.7. The molecule has 1 saturated heterocycles. The summed E-state index contributed by atoms with van der Waals surface area (Å²) in [5.74, 6) is -0.468. The Balaban J connectivity index is 1.40. The van der Waals surface area contributed by atoms with Crippen LogP contribution in [-0.4, -0.2) is 44.2 Å². The van der Waals surface area contributed by atoms with Crippen molar-refractivity contribution in [2.75, 3.05) is 19.6 Å². The van der Waals surface area contributed by atoms with Gasteiger partial charge in [-0.05, 0) is 42.5 Å². The lowest BCUT2D eigenvalue weighted by Crippen LogP contribution is -2.36. The van der Waals surface area contributed by atoms with Crippen molar-refractivity contribution in [2.45, 2.75) is 43.5 Å². The smallest absolute Gasteiger partial charge is 0.243 e. The van der Waals surface area contributed by atoms with E-state index in [4.69, 9.17) is 0 Å². The van der Waals surface area contributed by atoms with E-state index in [9.17, 15) is 18.0 Å². The molecular formula is C23H29N3O4S. The van der Waals surface area contributed by atoms with Crippen molar-refractivity contribution in [3.8, 4) is 0 Å². The molecular weight excluding hydrogens is 414 g/mol. The first-order valence-corrected chi connectivity index (χ1v) is 12.1. The van der Waals surface area contributed by atoms with E-state index in [2.05, 4.69) is 10.6 Å². The quantitative estimate of drug-likeness (QED) is 0.621. The number of hydrogen-bond acceptors (Lipinski definition) is 4. The molecule has 0 atom stereocenters. The number of piperidine rings is 1. The molecule has 3 rings (SSSR count). The lowest BCUT2D eigenvalue weighted by Gasteiger charge is -2.25. The first kappa shape index (κ1) is 23.0. The Morgan fingerprint density at radius 1 is 0.806 bits per heavy atom. The first-order valence-electron chi connectivity index (χ1n) is 10.6. The van der Waals surface area contributed by atoms with E-state index in [1.165, 1.54) is 0 Å². The maximum Gasteiger partial charge on any atom is 0.243 e.